The van der Waals surface area contributed by atoms with Crippen LogP contribution in [0.15, 0.2) is 0 Å². The summed E-state index contributed by atoms with van der Waals surface area (Å²) in [6, 6.07) is -0.495. The van der Waals surface area contributed by atoms with E-state index in [9.17, 15) is 9.59 Å². The minimum absolute atomic E-state index is 0.0205. The van der Waals surface area contributed by atoms with Gasteiger partial charge in [0.15, 0.2) is 0 Å². The van der Waals surface area contributed by atoms with Gasteiger partial charge in [0.2, 0.25) is 11.8 Å². The zero-order chi connectivity index (χ0) is 15.3. The van der Waals surface area contributed by atoms with E-state index in [-0.39, 0.29) is 35.9 Å². The molecule has 4 nitrogen and oxygen atoms in total. The molecule has 1 saturated heterocycles. The van der Waals surface area contributed by atoms with E-state index < -0.39 is 0 Å². The summed E-state index contributed by atoms with van der Waals surface area (Å²) >= 11 is 0. The summed E-state index contributed by atoms with van der Waals surface area (Å²) in [6.45, 7) is 8.04. The molecule has 2 saturated carbocycles. The molecule has 6 atom stereocenters. The number of nitrogens with zero attached hydrogens (tertiary/aromatic N) is 1. The number of fused-ring (bicyclic) bond motifs is 2. The van der Waals surface area contributed by atoms with Crippen molar-refractivity contribution in [1.82, 2.24) is 10.2 Å². The molecule has 3 fully saturated rings. The molecule has 3 aliphatic rings. The van der Waals surface area contributed by atoms with Crippen LogP contribution in [0, 0.1) is 23.7 Å². The highest BCUT2D eigenvalue weighted by Crippen LogP contribution is 2.50. The van der Waals surface area contributed by atoms with Gasteiger partial charge in [-0.1, -0.05) is 20.3 Å². The molecule has 4 heteroatoms. The standard InChI is InChI=1S/C17H28N2O2/c1-9(2)15-16(20)18-10(3)17(21)19(15)11(4)14-8-12-5-6-13(14)7-12/h9-15H,5-8H2,1-4H3,(H,18,20). The molecule has 0 aromatic carbocycles. The highest BCUT2D eigenvalue weighted by atomic mass is 16.2. The van der Waals surface area contributed by atoms with Crippen molar-refractivity contribution in [3.8, 4) is 0 Å². The van der Waals surface area contributed by atoms with Gasteiger partial charge in [-0.2, -0.15) is 0 Å². The first-order valence-corrected chi connectivity index (χ1v) is 8.52. The lowest BCUT2D eigenvalue weighted by molar-refractivity contribution is -0.155. The molecule has 0 spiro atoms. The van der Waals surface area contributed by atoms with Crippen LogP contribution in [0.2, 0.25) is 0 Å². The smallest absolute Gasteiger partial charge is 0.245 e. The van der Waals surface area contributed by atoms with E-state index in [2.05, 4.69) is 12.2 Å². The summed E-state index contributed by atoms with van der Waals surface area (Å²) in [4.78, 5) is 27.0. The molecule has 2 amide bonds. The van der Waals surface area contributed by atoms with Crippen LogP contribution in [-0.4, -0.2) is 34.8 Å². The maximum atomic E-state index is 12.7. The number of nitrogens with one attached hydrogen (secondary N) is 1. The van der Waals surface area contributed by atoms with Gasteiger partial charge < -0.3 is 10.2 Å². The van der Waals surface area contributed by atoms with E-state index in [0.29, 0.717) is 5.92 Å². The number of piperazine rings is 1. The molecule has 1 heterocycles. The van der Waals surface area contributed by atoms with Gasteiger partial charge in [0.25, 0.3) is 0 Å². The van der Waals surface area contributed by atoms with Gasteiger partial charge >= 0.3 is 0 Å². The molecule has 6 unspecified atom stereocenters. The number of hydrogen-bond acceptors (Lipinski definition) is 2. The number of rotatable bonds is 3. The van der Waals surface area contributed by atoms with Gasteiger partial charge in [-0.15, -0.1) is 0 Å². The van der Waals surface area contributed by atoms with Gasteiger partial charge in [-0.25, -0.2) is 0 Å². The Labute approximate surface area is 127 Å². The normalized spacial score (nSPS) is 40.8. The van der Waals surface area contributed by atoms with Gasteiger partial charge in [-0.05, 0) is 56.8 Å². The highest BCUT2D eigenvalue weighted by Gasteiger charge is 2.49. The predicted molar refractivity (Wildman–Crippen MR) is 81.5 cm³/mol. The van der Waals surface area contributed by atoms with Crippen LogP contribution in [0.4, 0.5) is 0 Å². The SMILES string of the molecule is CC1NC(=O)C(C(C)C)N(C(C)C2CC3CCC2C3)C1=O. The quantitative estimate of drug-likeness (QED) is 0.867. The average Bonchev–Trinajstić information content (AvgIpc) is 3.03. The van der Waals surface area contributed by atoms with Gasteiger partial charge in [0.05, 0.1) is 0 Å². The Balaban J connectivity index is 1.85. The molecule has 3 rings (SSSR count). The zero-order valence-electron chi connectivity index (χ0n) is 13.6. The van der Waals surface area contributed by atoms with Crippen LogP contribution in [0.25, 0.3) is 0 Å². The second kappa shape index (κ2) is 5.29. The zero-order valence-corrected chi connectivity index (χ0v) is 13.6. The lowest BCUT2D eigenvalue weighted by Gasteiger charge is -2.46. The molecule has 0 aromatic heterocycles. The third kappa shape index (κ3) is 2.36. The summed E-state index contributed by atoms with van der Waals surface area (Å²) < 4.78 is 0. The molecular formula is C17H28N2O2. The van der Waals surface area contributed by atoms with Crippen molar-refractivity contribution in [2.24, 2.45) is 23.7 Å². The summed E-state index contributed by atoms with van der Waals surface area (Å²) in [7, 11) is 0. The van der Waals surface area contributed by atoms with Crippen LogP contribution in [0.1, 0.15) is 53.4 Å². The van der Waals surface area contributed by atoms with Crippen LogP contribution < -0.4 is 5.32 Å². The molecule has 1 N–H and O–H groups in total. The van der Waals surface area contributed by atoms with Crippen molar-refractivity contribution < 1.29 is 9.59 Å². The molecule has 21 heavy (non-hydrogen) atoms. The summed E-state index contributed by atoms with van der Waals surface area (Å²) in [5, 5.41) is 2.84. The minimum atomic E-state index is -0.381. The van der Waals surface area contributed by atoms with Crippen LogP contribution in [-0.2, 0) is 9.59 Å². The molecule has 2 aliphatic carbocycles. The Hall–Kier alpha value is -1.06. The topological polar surface area (TPSA) is 49.4 Å². The van der Waals surface area contributed by atoms with E-state index in [4.69, 9.17) is 0 Å². The maximum Gasteiger partial charge on any atom is 0.245 e. The Morgan fingerprint density at radius 2 is 1.86 bits per heavy atom. The predicted octanol–water partition coefficient (Wildman–Crippen LogP) is 2.18. The molecule has 1 aliphatic heterocycles. The van der Waals surface area contributed by atoms with Crippen LogP contribution in [0.5, 0.6) is 0 Å². The van der Waals surface area contributed by atoms with Crippen LogP contribution >= 0.6 is 0 Å². The van der Waals surface area contributed by atoms with Crippen molar-refractivity contribution in [1.29, 1.82) is 0 Å². The largest absolute Gasteiger partial charge is 0.343 e. The van der Waals surface area contributed by atoms with Crippen LogP contribution in [0.3, 0.4) is 0 Å². The average molecular weight is 292 g/mol. The third-order valence-corrected chi connectivity index (χ3v) is 6.03. The van der Waals surface area contributed by atoms with Crippen molar-refractivity contribution in [2.45, 2.75) is 71.5 Å². The lowest BCUT2D eigenvalue weighted by Crippen LogP contribution is -2.67. The van der Waals surface area contributed by atoms with E-state index in [1.807, 2.05) is 18.7 Å². The Morgan fingerprint density at radius 1 is 1.14 bits per heavy atom. The number of carbonyl (C=O) groups excluding carboxylic acids is 2. The van der Waals surface area contributed by atoms with Crippen molar-refractivity contribution >= 4 is 11.8 Å². The first-order chi connectivity index (χ1) is 9.90. The molecule has 118 valence electrons. The second-order valence-corrected chi connectivity index (χ2v) is 7.74. The van der Waals surface area contributed by atoms with E-state index in [0.717, 1.165) is 11.8 Å². The van der Waals surface area contributed by atoms with Crippen molar-refractivity contribution in [2.75, 3.05) is 0 Å². The third-order valence-electron chi connectivity index (χ3n) is 6.03. The summed E-state index contributed by atoms with van der Waals surface area (Å²) in [5.41, 5.74) is 0. The summed E-state index contributed by atoms with van der Waals surface area (Å²) in [5.74, 6) is 2.50. The number of hydrogen-bond donors (Lipinski definition) is 1. The first-order valence-electron chi connectivity index (χ1n) is 8.52. The fourth-order valence-electron chi connectivity index (χ4n) is 5.02. The highest BCUT2D eigenvalue weighted by molar-refractivity contribution is 5.97. The van der Waals surface area contributed by atoms with E-state index in [1.165, 1.54) is 25.7 Å². The fraction of sp³-hybridized carbons (Fsp3) is 0.882. The van der Waals surface area contributed by atoms with Gasteiger partial charge in [0.1, 0.15) is 12.1 Å². The van der Waals surface area contributed by atoms with E-state index >= 15 is 0 Å². The Morgan fingerprint density at radius 3 is 2.38 bits per heavy atom. The first kappa shape index (κ1) is 14.9. The van der Waals surface area contributed by atoms with Crippen molar-refractivity contribution in [3.63, 3.8) is 0 Å². The minimum Gasteiger partial charge on any atom is -0.343 e. The summed E-state index contributed by atoms with van der Waals surface area (Å²) in [6.07, 6.45) is 5.27. The molecule has 0 aromatic rings. The molecular weight excluding hydrogens is 264 g/mol. The molecule has 2 bridgehead atoms. The Kier molecular flexibility index (Phi) is 3.74. The monoisotopic (exact) mass is 292 g/mol. The Bertz CT molecular complexity index is 448. The van der Waals surface area contributed by atoms with Gasteiger partial charge in [0, 0.05) is 6.04 Å². The number of amides is 2. The van der Waals surface area contributed by atoms with E-state index in [1.54, 1.807) is 6.92 Å². The number of carbonyl (C=O) groups is 2. The van der Waals surface area contributed by atoms with Gasteiger partial charge in [-0.3, -0.25) is 9.59 Å². The molecule has 0 radical (unpaired) electrons. The lowest BCUT2D eigenvalue weighted by atomic mass is 9.81. The maximum absolute atomic E-state index is 12.7. The fourth-order valence-corrected chi connectivity index (χ4v) is 5.02. The van der Waals surface area contributed by atoms with Crippen molar-refractivity contribution in [3.05, 3.63) is 0 Å². The second-order valence-electron chi connectivity index (χ2n) is 7.74.